The molecule has 0 fully saturated rings. The van der Waals surface area contributed by atoms with E-state index in [1.54, 1.807) is 7.11 Å². The second-order valence-electron chi connectivity index (χ2n) is 2.80. The van der Waals surface area contributed by atoms with Gasteiger partial charge in [0.25, 0.3) is 0 Å². The largest absolute Gasteiger partial charge is 0.496 e. The Morgan fingerprint density at radius 3 is 2.77 bits per heavy atom. The summed E-state index contributed by atoms with van der Waals surface area (Å²) in [5.74, 6) is 6.07. The molecule has 0 radical (unpaired) electrons. The number of nitrogens with one attached hydrogen (secondary N) is 1. The van der Waals surface area contributed by atoms with Crippen molar-refractivity contribution in [1.29, 1.82) is 0 Å². The Morgan fingerprint density at radius 2 is 2.23 bits per heavy atom. The van der Waals surface area contributed by atoms with Crippen molar-refractivity contribution in [2.75, 3.05) is 7.11 Å². The molecule has 0 atom stereocenters. The summed E-state index contributed by atoms with van der Waals surface area (Å²) >= 11 is 5.89. The molecule has 0 aromatic heterocycles. The summed E-state index contributed by atoms with van der Waals surface area (Å²) in [4.78, 5) is 0. The number of nitrogens with two attached hydrogens (primary N) is 1. The van der Waals surface area contributed by atoms with E-state index in [0.717, 1.165) is 16.9 Å². The molecule has 0 saturated heterocycles. The minimum Gasteiger partial charge on any atom is -0.496 e. The second kappa shape index (κ2) is 4.46. The molecule has 0 amide bonds. The molecule has 13 heavy (non-hydrogen) atoms. The van der Waals surface area contributed by atoms with E-state index in [1.807, 2.05) is 19.1 Å². The van der Waals surface area contributed by atoms with Crippen LogP contribution < -0.4 is 16.0 Å². The van der Waals surface area contributed by atoms with Gasteiger partial charge in [0.05, 0.1) is 7.11 Å². The van der Waals surface area contributed by atoms with Gasteiger partial charge in [-0.2, -0.15) is 0 Å². The van der Waals surface area contributed by atoms with Crippen molar-refractivity contribution in [2.24, 2.45) is 5.84 Å². The normalized spacial score (nSPS) is 10.2. The fourth-order valence-corrected chi connectivity index (χ4v) is 1.63. The van der Waals surface area contributed by atoms with Crippen molar-refractivity contribution in [3.63, 3.8) is 0 Å². The highest BCUT2D eigenvalue weighted by molar-refractivity contribution is 6.30. The fraction of sp³-hybridized carbons (Fsp3) is 0.333. The van der Waals surface area contributed by atoms with Crippen LogP contribution in [0.4, 0.5) is 0 Å². The number of methoxy groups -OCH3 is 1. The molecule has 0 aliphatic heterocycles. The lowest BCUT2D eigenvalue weighted by atomic mass is 10.1. The van der Waals surface area contributed by atoms with Gasteiger partial charge in [-0.25, -0.2) is 0 Å². The minimum atomic E-state index is 0.546. The van der Waals surface area contributed by atoms with E-state index in [2.05, 4.69) is 5.43 Å². The van der Waals surface area contributed by atoms with Crippen LogP contribution >= 0.6 is 11.6 Å². The first-order chi connectivity index (χ1) is 6.19. The number of halogens is 1. The monoisotopic (exact) mass is 200 g/mol. The molecule has 4 heteroatoms. The third-order valence-corrected chi connectivity index (χ3v) is 2.03. The van der Waals surface area contributed by atoms with Crippen LogP contribution in [0.2, 0.25) is 5.02 Å². The molecule has 1 aromatic rings. The van der Waals surface area contributed by atoms with Crippen molar-refractivity contribution in [3.8, 4) is 5.75 Å². The summed E-state index contributed by atoms with van der Waals surface area (Å²) in [6.45, 7) is 2.50. The van der Waals surface area contributed by atoms with Crippen molar-refractivity contribution in [1.82, 2.24) is 5.43 Å². The molecule has 0 saturated carbocycles. The molecular formula is C9H13ClN2O. The number of aryl methyl sites for hydroxylation is 1. The third-order valence-electron chi connectivity index (χ3n) is 1.81. The van der Waals surface area contributed by atoms with Crippen molar-refractivity contribution in [3.05, 3.63) is 28.3 Å². The topological polar surface area (TPSA) is 47.3 Å². The van der Waals surface area contributed by atoms with Crippen LogP contribution in [0.5, 0.6) is 5.75 Å². The molecule has 0 bridgehead atoms. The highest BCUT2D eigenvalue weighted by atomic mass is 35.5. The molecule has 1 rings (SSSR count). The Bertz CT molecular complexity index is 302. The number of rotatable bonds is 3. The average Bonchev–Trinajstić information content (AvgIpc) is 2.04. The highest BCUT2D eigenvalue weighted by Crippen LogP contribution is 2.27. The molecule has 0 unspecified atom stereocenters. The molecular weight excluding hydrogens is 188 g/mol. The smallest absolute Gasteiger partial charge is 0.126 e. The lowest BCUT2D eigenvalue weighted by Crippen LogP contribution is -2.21. The predicted octanol–water partition coefficient (Wildman–Crippen LogP) is 1.62. The van der Waals surface area contributed by atoms with Gasteiger partial charge in [-0.1, -0.05) is 11.6 Å². The minimum absolute atomic E-state index is 0.546. The van der Waals surface area contributed by atoms with E-state index in [-0.39, 0.29) is 0 Å². The lowest BCUT2D eigenvalue weighted by molar-refractivity contribution is 0.405. The molecule has 0 spiro atoms. The molecule has 3 N–H and O–H groups in total. The number of benzene rings is 1. The molecule has 0 aliphatic rings. The predicted molar refractivity (Wildman–Crippen MR) is 53.8 cm³/mol. The average molecular weight is 201 g/mol. The molecule has 1 aromatic carbocycles. The van der Waals surface area contributed by atoms with Crippen LogP contribution in [-0.2, 0) is 6.54 Å². The van der Waals surface area contributed by atoms with Gasteiger partial charge in [0.2, 0.25) is 0 Å². The Hall–Kier alpha value is -0.770. The zero-order chi connectivity index (χ0) is 9.84. The van der Waals surface area contributed by atoms with E-state index in [9.17, 15) is 0 Å². The SMILES string of the molecule is COc1c(C)cc(Cl)cc1CNN. The third kappa shape index (κ3) is 2.34. The van der Waals surface area contributed by atoms with Crippen LogP contribution in [0.3, 0.4) is 0 Å². The maximum Gasteiger partial charge on any atom is 0.126 e. The van der Waals surface area contributed by atoms with Crippen LogP contribution in [-0.4, -0.2) is 7.11 Å². The fourth-order valence-electron chi connectivity index (χ4n) is 1.33. The summed E-state index contributed by atoms with van der Waals surface area (Å²) in [5.41, 5.74) is 4.56. The van der Waals surface area contributed by atoms with Crippen molar-refractivity contribution >= 4 is 11.6 Å². The van der Waals surface area contributed by atoms with Gasteiger partial charge in [-0.15, -0.1) is 0 Å². The van der Waals surface area contributed by atoms with Gasteiger partial charge >= 0.3 is 0 Å². The first-order valence-corrected chi connectivity index (χ1v) is 4.33. The second-order valence-corrected chi connectivity index (χ2v) is 3.23. The molecule has 0 aliphatic carbocycles. The zero-order valence-electron chi connectivity index (χ0n) is 7.73. The summed E-state index contributed by atoms with van der Waals surface area (Å²) in [6.07, 6.45) is 0. The van der Waals surface area contributed by atoms with Gasteiger partial charge in [-0.3, -0.25) is 11.3 Å². The van der Waals surface area contributed by atoms with Crippen LogP contribution in [0.1, 0.15) is 11.1 Å². The number of hydrogen-bond acceptors (Lipinski definition) is 3. The molecule has 0 heterocycles. The van der Waals surface area contributed by atoms with Crippen molar-refractivity contribution in [2.45, 2.75) is 13.5 Å². The Labute approximate surface area is 82.8 Å². The van der Waals surface area contributed by atoms with Crippen molar-refractivity contribution < 1.29 is 4.74 Å². The maximum absolute atomic E-state index is 5.89. The Kier molecular flexibility index (Phi) is 3.54. The standard InChI is InChI=1S/C9H13ClN2O/c1-6-3-8(10)4-7(5-12-11)9(6)13-2/h3-4,12H,5,11H2,1-2H3. The molecule has 72 valence electrons. The zero-order valence-corrected chi connectivity index (χ0v) is 8.48. The highest BCUT2D eigenvalue weighted by Gasteiger charge is 2.06. The maximum atomic E-state index is 5.89. The first kappa shape index (κ1) is 10.3. The number of ether oxygens (including phenoxy) is 1. The van der Waals surface area contributed by atoms with Crippen LogP contribution in [0.15, 0.2) is 12.1 Å². The van der Waals surface area contributed by atoms with E-state index in [4.69, 9.17) is 22.2 Å². The van der Waals surface area contributed by atoms with E-state index < -0.39 is 0 Å². The summed E-state index contributed by atoms with van der Waals surface area (Å²) in [7, 11) is 1.64. The van der Waals surface area contributed by atoms with Gasteiger partial charge < -0.3 is 4.74 Å². The quantitative estimate of drug-likeness (QED) is 0.576. The van der Waals surface area contributed by atoms with Crippen LogP contribution in [0, 0.1) is 6.92 Å². The van der Waals surface area contributed by atoms with E-state index in [0.29, 0.717) is 11.6 Å². The summed E-state index contributed by atoms with van der Waals surface area (Å²) < 4.78 is 5.23. The molecule has 3 nitrogen and oxygen atoms in total. The lowest BCUT2D eigenvalue weighted by Gasteiger charge is -2.11. The van der Waals surface area contributed by atoms with Gasteiger partial charge in [0.1, 0.15) is 5.75 Å². The Balaban J connectivity index is 3.13. The van der Waals surface area contributed by atoms with E-state index in [1.165, 1.54) is 0 Å². The van der Waals surface area contributed by atoms with Crippen LogP contribution in [0.25, 0.3) is 0 Å². The van der Waals surface area contributed by atoms with Gasteiger partial charge in [0, 0.05) is 17.1 Å². The summed E-state index contributed by atoms with van der Waals surface area (Å²) in [5, 5.41) is 0.698. The number of hydrogen-bond donors (Lipinski definition) is 2. The van der Waals surface area contributed by atoms with Gasteiger partial charge in [0.15, 0.2) is 0 Å². The van der Waals surface area contributed by atoms with Gasteiger partial charge in [-0.05, 0) is 24.6 Å². The first-order valence-electron chi connectivity index (χ1n) is 3.95. The summed E-state index contributed by atoms with van der Waals surface area (Å²) in [6, 6.07) is 3.70. The number of hydrazine groups is 1. The Morgan fingerprint density at radius 1 is 1.54 bits per heavy atom. The van der Waals surface area contributed by atoms with E-state index >= 15 is 0 Å².